The van der Waals surface area contributed by atoms with E-state index in [4.69, 9.17) is 4.52 Å². The van der Waals surface area contributed by atoms with Gasteiger partial charge in [0.25, 0.3) is 0 Å². The van der Waals surface area contributed by atoms with Crippen molar-refractivity contribution in [3.63, 3.8) is 0 Å². The lowest BCUT2D eigenvalue weighted by molar-refractivity contribution is 0.340. The quantitative estimate of drug-likeness (QED) is 0.825. The highest BCUT2D eigenvalue weighted by molar-refractivity contribution is 4.95. The zero-order valence-electron chi connectivity index (χ0n) is 9.49. The van der Waals surface area contributed by atoms with E-state index in [2.05, 4.69) is 29.3 Å². The third-order valence-electron chi connectivity index (χ3n) is 2.79. The van der Waals surface area contributed by atoms with Crippen LogP contribution in [0.2, 0.25) is 0 Å². The van der Waals surface area contributed by atoms with E-state index >= 15 is 0 Å². The molecule has 4 nitrogen and oxygen atoms in total. The minimum atomic E-state index is 0.297. The number of nitrogens with one attached hydrogen (secondary N) is 1. The SMILES string of the molecule is CC(C)CCc1noc([C@@H]2CCCN2)n1. The first-order valence-corrected chi connectivity index (χ1v) is 5.81. The first kappa shape index (κ1) is 10.6. The second-order valence-electron chi connectivity index (χ2n) is 4.63. The van der Waals surface area contributed by atoms with Gasteiger partial charge in [-0.05, 0) is 31.7 Å². The van der Waals surface area contributed by atoms with Crippen LogP contribution in [0.1, 0.15) is 50.9 Å². The normalized spacial score (nSPS) is 21.4. The summed E-state index contributed by atoms with van der Waals surface area (Å²) in [4.78, 5) is 4.42. The van der Waals surface area contributed by atoms with Crippen molar-refractivity contribution in [1.82, 2.24) is 15.5 Å². The molecule has 0 unspecified atom stereocenters. The monoisotopic (exact) mass is 209 g/mol. The first-order valence-electron chi connectivity index (χ1n) is 5.81. The fourth-order valence-electron chi connectivity index (χ4n) is 1.82. The molecule has 1 aromatic heterocycles. The average Bonchev–Trinajstić information content (AvgIpc) is 2.85. The molecule has 1 N–H and O–H groups in total. The largest absolute Gasteiger partial charge is 0.338 e. The summed E-state index contributed by atoms with van der Waals surface area (Å²) in [5.41, 5.74) is 0. The fourth-order valence-corrected chi connectivity index (χ4v) is 1.82. The minimum Gasteiger partial charge on any atom is -0.338 e. The fraction of sp³-hybridized carbons (Fsp3) is 0.818. The summed E-state index contributed by atoms with van der Waals surface area (Å²) < 4.78 is 5.26. The maximum Gasteiger partial charge on any atom is 0.243 e. The van der Waals surface area contributed by atoms with E-state index in [0.717, 1.165) is 37.5 Å². The van der Waals surface area contributed by atoms with Crippen molar-refractivity contribution in [1.29, 1.82) is 0 Å². The lowest BCUT2D eigenvalue weighted by Gasteiger charge is -2.01. The summed E-state index contributed by atoms with van der Waals surface area (Å²) in [5.74, 6) is 2.32. The second kappa shape index (κ2) is 4.75. The van der Waals surface area contributed by atoms with Crippen molar-refractivity contribution in [3.8, 4) is 0 Å². The number of aromatic nitrogens is 2. The molecule has 0 aliphatic carbocycles. The second-order valence-corrected chi connectivity index (χ2v) is 4.63. The summed E-state index contributed by atoms with van der Waals surface area (Å²) in [7, 11) is 0. The number of aryl methyl sites for hydroxylation is 1. The van der Waals surface area contributed by atoms with E-state index in [1.54, 1.807) is 0 Å². The zero-order chi connectivity index (χ0) is 10.7. The summed E-state index contributed by atoms with van der Waals surface area (Å²) in [6.07, 6.45) is 4.37. The van der Waals surface area contributed by atoms with Gasteiger partial charge in [-0.2, -0.15) is 4.98 Å². The van der Waals surface area contributed by atoms with Crippen LogP contribution >= 0.6 is 0 Å². The molecule has 0 bridgehead atoms. The molecule has 0 spiro atoms. The molecular formula is C11H19N3O. The lowest BCUT2D eigenvalue weighted by atomic mass is 10.1. The van der Waals surface area contributed by atoms with Gasteiger partial charge in [-0.25, -0.2) is 0 Å². The molecule has 1 atom stereocenters. The van der Waals surface area contributed by atoms with E-state index in [9.17, 15) is 0 Å². The van der Waals surface area contributed by atoms with Crippen molar-refractivity contribution >= 4 is 0 Å². The number of nitrogens with zero attached hydrogens (tertiary/aromatic N) is 2. The van der Waals surface area contributed by atoms with Gasteiger partial charge in [0.05, 0.1) is 6.04 Å². The molecule has 1 aliphatic heterocycles. The third-order valence-corrected chi connectivity index (χ3v) is 2.79. The molecule has 0 radical (unpaired) electrons. The maximum atomic E-state index is 5.26. The van der Waals surface area contributed by atoms with Crippen molar-refractivity contribution < 1.29 is 4.52 Å². The van der Waals surface area contributed by atoms with Crippen LogP contribution in [0.3, 0.4) is 0 Å². The van der Waals surface area contributed by atoms with Gasteiger partial charge in [-0.1, -0.05) is 19.0 Å². The van der Waals surface area contributed by atoms with Gasteiger partial charge in [0, 0.05) is 6.42 Å². The van der Waals surface area contributed by atoms with E-state index in [0.29, 0.717) is 12.0 Å². The van der Waals surface area contributed by atoms with Gasteiger partial charge in [0.2, 0.25) is 5.89 Å². The van der Waals surface area contributed by atoms with Crippen molar-refractivity contribution in [2.24, 2.45) is 5.92 Å². The van der Waals surface area contributed by atoms with Crippen LogP contribution in [-0.2, 0) is 6.42 Å². The van der Waals surface area contributed by atoms with Gasteiger partial charge in [-0.15, -0.1) is 0 Å². The van der Waals surface area contributed by atoms with Crippen LogP contribution in [0.25, 0.3) is 0 Å². The maximum absolute atomic E-state index is 5.26. The highest BCUT2D eigenvalue weighted by Crippen LogP contribution is 2.21. The molecule has 2 heterocycles. The Morgan fingerprint density at radius 2 is 2.40 bits per heavy atom. The van der Waals surface area contributed by atoms with E-state index in [1.165, 1.54) is 6.42 Å². The van der Waals surface area contributed by atoms with E-state index in [-0.39, 0.29) is 0 Å². The molecule has 1 aliphatic rings. The van der Waals surface area contributed by atoms with Crippen molar-refractivity contribution in [2.45, 2.75) is 45.6 Å². The Morgan fingerprint density at radius 1 is 1.53 bits per heavy atom. The molecule has 2 rings (SSSR count). The molecule has 4 heteroatoms. The lowest BCUT2D eigenvalue weighted by Crippen LogP contribution is -2.13. The molecule has 84 valence electrons. The average molecular weight is 209 g/mol. The highest BCUT2D eigenvalue weighted by atomic mass is 16.5. The summed E-state index contributed by atoms with van der Waals surface area (Å²) >= 11 is 0. The summed E-state index contributed by atoms with van der Waals surface area (Å²) in [6.45, 7) is 5.48. The minimum absolute atomic E-state index is 0.297. The Balaban J connectivity index is 1.91. The molecule has 1 aromatic rings. The van der Waals surface area contributed by atoms with Crippen LogP contribution in [0, 0.1) is 5.92 Å². The Morgan fingerprint density at radius 3 is 3.07 bits per heavy atom. The Hall–Kier alpha value is -0.900. The molecule has 0 aromatic carbocycles. The summed E-state index contributed by atoms with van der Waals surface area (Å²) in [5, 5.41) is 7.36. The standard InChI is InChI=1S/C11H19N3O/c1-8(2)5-6-10-13-11(15-14-10)9-4-3-7-12-9/h8-9,12H,3-7H2,1-2H3/t9-/m0/s1. The predicted octanol–water partition coefficient (Wildman–Crippen LogP) is 2.08. The van der Waals surface area contributed by atoms with E-state index < -0.39 is 0 Å². The van der Waals surface area contributed by atoms with Crippen molar-refractivity contribution in [2.75, 3.05) is 6.54 Å². The Labute approximate surface area is 90.4 Å². The molecule has 0 saturated carbocycles. The Kier molecular flexibility index (Phi) is 3.36. The van der Waals surface area contributed by atoms with Crippen molar-refractivity contribution in [3.05, 3.63) is 11.7 Å². The summed E-state index contributed by atoms with van der Waals surface area (Å²) in [6, 6.07) is 0.297. The molecule has 15 heavy (non-hydrogen) atoms. The first-order chi connectivity index (χ1) is 7.25. The number of hydrogen-bond acceptors (Lipinski definition) is 4. The number of hydrogen-bond donors (Lipinski definition) is 1. The van der Waals surface area contributed by atoms with Gasteiger partial charge in [-0.3, -0.25) is 0 Å². The van der Waals surface area contributed by atoms with Gasteiger partial charge in [0.15, 0.2) is 5.82 Å². The van der Waals surface area contributed by atoms with Gasteiger partial charge in [0.1, 0.15) is 0 Å². The molecule has 0 amide bonds. The molecular weight excluding hydrogens is 190 g/mol. The number of rotatable bonds is 4. The molecule has 1 saturated heterocycles. The zero-order valence-corrected chi connectivity index (χ0v) is 9.49. The third kappa shape index (κ3) is 2.78. The topological polar surface area (TPSA) is 51.0 Å². The predicted molar refractivity (Wildman–Crippen MR) is 57.4 cm³/mol. The van der Waals surface area contributed by atoms with E-state index in [1.807, 2.05) is 0 Å². The van der Waals surface area contributed by atoms with Crippen LogP contribution in [0.5, 0.6) is 0 Å². The Bertz CT molecular complexity index is 303. The highest BCUT2D eigenvalue weighted by Gasteiger charge is 2.22. The van der Waals surface area contributed by atoms with Crippen LogP contribution < -0.4 is 5.32 Å². The van der Waals surface area contributed by atoms with Gasteiger partial charge < -0.3 is 9.84 Å². The molecule has 1 fully saturated rings. The smallest absolute Gasteiger partial charge is 0.243 e. The van der Waals surface area contributed by atoms with Crippen LogP contribution in [0.4, 0.5) is 0 Å². The van der Waals surface area contributed by atoms with Crippen LogP contribution in [0.15, 0.2) is 4.52 Å². The van der Waals surface area contributed by atoms with Gasteiger partial charge >= 0.3 is 0 Å². The van der Waals surface area contributed by atoms with Crippen LogP contribution in [-0.4, -0.2) is 16.7 Å².